The third-order valence-corrected chi connectivity index (χ3v) is 4.42. The Balaban J connectivity index is 0. The third-order valence-electron chi connectivity index (χ3n) is 1.33. The van der Waals surface area contributed by atoms with Gasteiger partial charge in [-0.1, -0.05) is 5.05 Å². The molecule has 0 aromatic carbocycles. The van der Waals surface area contributed by atoms with Crippen molar-refractivity contribution in [1.29, 1.82) is 0 Å². The fourth-order valence-corrected chi connectivity index (χ4v) is 2.26. The maximum atomic E-state index is 10.5. The van der Waals surface area contributed by atoms with Gasteiger partial charge in [-0.25, -0.2) is 0 Å². The summed E-state index contributed by atoms with van der Waals surface area (Å²) in [5.41, 5.74) is 0. The van der Waals surface area contributed by atoms with Crippen molar-refractivity contribution in [2.24, 2.45) is 0 Å². The molecule has 6 heteroatoms. The molecule has 60 valence electrons. The van der Waals surface area contributed by atoms with Crippen LogP contribution in [0.1, 0.15) is 0 Å². The van der Waals surface area contributed by atoms with Gasteiger partial charge in [0.05, 0.1) is 0 Å². The first-order valence-electron chi connectivity index (χ1n) is 2.84. The van der Waals surface area contributed by atoms with Gasteiger partial charge in [-0.05, 0) is 6.55 Å². The molecular formula is C5H11NaO3SSi. The summed E-state index contributed by atoms with van der Waals surface area (Å²) in [5, 5.41) is 10.2. The first kappa shape index (κ1) is 14.5. The minimum atomic E-state index is -2.21. The zero-order valence-corrected chi connectivity index (χ0v) is 11.2. The van der Waals surface area contributed by atoms with Crippen LogP contribution in [-0.2, 0) is 8.85 Å². The summed E-state index contributed by atoms with van der Waals surface area (Å²) in [6.45, 7) is 1.80. The van der Waals surface area contributed by atoms with Crippen molar-refractivity contribution in [3.8, 4) is 0 Å². The SMILES string of the molecule is CO[Si](C)(CC([O-])=S)OC.[Na+]. The molecule has 0 saturated heterocycles. The molecule has 0 saturated carbocycles. The van der Waals surface area contributed by atoms with Crippen molar-refractivity contribution < 1.29 is 43.5 Å². The molecule has 11 heavy (non-hydrogen) atoms. The van der Waals surface area contributed by atoms with Gasteiger partial charge >= 0.3 is 38.1 Å². The summed E-state index contributed by atoms with van der Waals surface area (Å²) < 4.78 is 10.1. The molecule has 0 bridgehead atoms. The summed E-state index contributed by atoms with van der Waals surface area (Å²) >= 11 is 4.40. The zero-order chi connectivity index (χ0) is 8.20. The van der Waals surface area contributed by atoms with Gasteiger partial charge in [-0.3, -0.25) is 0 Å². The van der Waals surface area contributed by atoms with Gasteiger partial charge in [0.15, 0.2) is 0 Å². The monoisotopic (exact) mass is 202 g/mol. The molecule has 0 rings (SSSR count). The molecule has 0 aliphatic rings. The van der Waals surface area contributed by atoms with Crippen molar-refractivity contribution in [2.45, 2.75) is 12.6 Å². The van der Waals surface area contributed by atoms with Crippen molar-refractivity contribution in [3.63, 3.8) is 0 Å². The van der Waals surface area contributed by atoms with Crippen LogP contribution >= 0.6 is 12.2 Å². The molecule has 0 radical (unpaired) electrons. The zero-order valence-electron chi connectivity index (χ0n) is 7.34. The van der Waals surface area contributed by atoms with E-state index in [0.717, 1.165) is 0 Å². The van der Waals surface area contributed by atoms with Gasteiger partial charge in [0.1, 0.15) is 0 Å². The van der Waals surface area contributed by atoms with E-state index in [2.05, 4.69) is 12.2 Å². The quantitative estimate of drug-likeness (QED) is 0.361. The van der Waals surface area contributed by atoms with Gasteiger partial charge in [-0.2, -0.15) is 0 Å². The Hall–Kier alpha value is 1.03. The Morgan fingerprint density at radius 1 is 1.45 bits per heavy atom. The first-order chi connectivity index (χ1) is 4.54. The predicted octanol–water partition coefficient (Wildman–Crippen LogP) is -2.96. The largest absolute Gasteiger partial charge is 1.00 e. The van der Waals surface area contributed by atoms with Gasteiger partial charge in [0, 0.05) is 20.3 Å². The molecule has 0 aromatic rings. The van der Waals surface area contributed by atoms with Crippen LogP contribution in [0.25, 0.3) is 0 Å². The average molecular weight is 202 g/mol. The number of thiocarbonyl (C=S) groups is 1. The van der Waals surface area contributed by atoms with Crippen molar-refractivity contribution in [1.82, 2.24) is 0 Å². The second-order valence-corrected chi connectivity index (χ2v) is 5.98. The van der Waals surface area contributed by atoms with Crippen LogP contribution in [0.3, 0.4) is 0 Å². The van der Waals surface area contributed by atoms with Gasteiger partial charge in [-0.15, -0.1) is 12.2 Å². The number of rotatable bonds is 4. The van der Waals surface area contributed by atoms with Crippen molar-refractivity contribution in [2.75, 3.05) is 14.2 Å². The summed E-state index contributed by atoms with van der Waals surface area (Å²) in [4.78, 5) is 0. The van der Waals surface area contributed by atoms with Crippen LogP contribution < -0.4 is 34.7 Å². The Bertz CT molecular complexity index is 129. The fourth-order valence-electron chi connectivity index (χ4n) is 0.490. The molecule has 0 fully saturated rings. The van der Waals surface area contributed by atoms with Crippen LogP contribution in [0.4, 0.5) is 0 Å². The summed E-state index contributed by atoms with van der Waals surface area (Å²) in [7, 11) is 0.857. The van der Waals surface area contributed by atoms with E-state index in [4.69, 9.17) is 8.85 Å². The van der Waals surface area contributed by atoms with E-state index in [-0.39, 0.29) is 40.7 Å². The Kier molecular flexibility index (Phi) is 8.64. The van der Waals surface area contributed by atoms with E-state index in [0.29, 0.717) is 0 Å². The van der Waals surface area contributed by atoms with E-state index in [1.165, 1.54) is 14.2 Å². The summed E-state index contributed by atoms with van der Waals surface area (Å²) in [5.74, 6) is 0. The average Bonchev–Trinajstić information content (AvgIpc) is 1.87. The van der Waals surface area contributed by atoms with E-state index in [9.17, 15) is 5.11 Å². The molecule has 0 unspecified atom stereocenters. The molecular weight excluding hydrogens is 191 g/mol. The normalized spacial score (nSPS) is 10.5. The topological polar surface area (TPSA) is 41.5 Å². The van der Waals surface area contributed by atoms with E-state index < -0.39 is 8.56 Å². The Morgan fingerprint density at radius 3 is 1.91 bits per heavy atom. The fraction of sp³-hybridized carbons (Fsp3) is 0.800. The smallest absolute Gasteiger partial charge is 0.868 e. The third kappa shape index (κ3) is 6.21. The standard InChI is InChI=1S/C5H12O3SSi.Na/c1-7-10(3,8-2)4-5(6)9;/h4H2,1-3H3,(H,6,9);/q;+1/p-1. The van der Waals surface area contributed by atoms with E-state index in [1.54, 1.807) is 6.55 Å². The minimum Gasteiger partial charge on any atom is -0.868 e. The summed E-state index contributed by atoms with van der Waals surface area (Å²) in [6, 6.07) is 0.245. The van der Waals surface area contributed by atoms with Crippen molar-refractivity contribution >= 4 is 25.8 Å². The minimum absolute atomic E-state index is 0. The maximum absolute atomic E-state index is 10.5. The second-order valence-electron chi connectivity index (χ2n) is 2.09. The molecule has 0 atom stereocenters. The molecule has 0 aromatic heterocycles. The van der Waals surface area contributed by atoms with Gasteiger partial charge < -0.3 is 14.0 Å². The van der Waals surface area contributed by atoms with Gasteiger partial charge in [0.25, 0.3) is 0 Å². The van der Waals surface area contributed by atoms with Crippen LogP contribution in [0, 0.1) is 0 Å². The maximum Gasteiger partial charge on any atom is 1.00 e. The van der Waals surface area contributed by atoms with Crippen LogP contribution in [0.15, 0.2) is 0 Å². The Morgan fingerprint density at radius 2 is 1.82 bits per heavy atom. The Labute approximate surface area is 95.6 Å². The van der Waals surface area contributed by atoms with E-state index >= 15 is 0 Å². The predicted molar refractivity (Wildman–Crippen MR) is 43.0 cm³/mol. The van der Waals surface area contributed by atoms with Crippen molar-refractivity contribution in [3.05, 3.63) is 0 Å². The molecule has 0 aliphatic heterocycles. The molecule has 0 N–H and O–H groups in total. The number of hydrogen-bond acceptors (Lipinski definition) is 4. The molecule has 0 heterocycles. The van der Waals surface area contributed by atoms with Crippen LogP contribution in [0.2, 0.25) is 12.6 Å². The molecule has 0 amide bonds. The van der Waals surface area contributed by atoms with Gasteiger partial charge in [0.2, 0.25) is 0 Å². The first-order valence-corrected chi connectivity index (χ1v) is 5.77. The van der Waals surface area contributed by atoms with Crippen LogP contribution in [-0.4, -0.2) is 27.8 Å². The molecule has 0 aliphatic carbocycles. The molecule has 3 nitrogen and oxygen atoms in total. The second kappa shape index (κ2) is 6.53. The molecule has 0 spiro atoms. The summed E-state index contributed by atoms with van der Waals surface area (Å²) in [6.07, 6.45) is 0. The van der Waals surface area contributed by atoms with E-state index in [1.807, 2.05) is 0 Å². The number of hydrogen-bond donors (Lipinski definition) is 0. The van der Waals surface area contributed by atoms with Crippen LogP contribution in [0.5, 0.6) is 0 Å².